The molecule has 0 aliphatic carbocycles. The Morgan fingerprint density at radius 2 is 2.00 bits per heavy atom. The lowest BCUT2D eigenvalue weighted by molar-refractivity contribution is -0.121. The zero-order chi connectivity index (χ0) is 12.7. The number of nitrogens with one attached hydrogen (secondary N) is 1. The number of hydrogen-bond acceptors (Lipinski definition) is 1. The molecule has 0 saturated carbocycles. The molecular weight excluding hydrogens is 241 g/mol. The summed E-state index contributed by atoms with van der Waals surface area (Å²) in [5, 5.41) is 2.87. The molecule has 1 atom stereocenters. The molecule has 1 aromatic carbocycles. The summed E-state index contributed by atoms with van der Waals surface area (Å²) in [4.78, 5) is 11.5. The molecule has 94 valence electrons. The molecule has 0 bridgehead atoms. The van der Waals surface area contributed by atoms with Crippen molar-refractivity contribution < 1.29 is 9.18 Å². The highest BCUT2D eigenvalue weighted by Gasteiger charge is 2.08. The number of hydrogen-bond donors (Lipinski definition) is 1. The lowest BCUT2D eigenvalue weighted by Crippen LogP contribution is -2.26. The molecule has 1 N–H and O–H groups in total. The van der Waals surface area contributed by atoms with E-state index in [1.165, 1.54) is 12.1 Å². The maximum Gasteiger partial charge on any atom is 0.220 e. The summed E-state index contributed by atoms with van der Waals surface area (Å²) in [6, 6.07) is 6.05. The Balaban J connectivity index is 2.40. The van der Waals surface area contributed by atoms with Gasteiger partial charge in [-0.05, 0) is 37.5 Å². The summed E-state index contributed by atoms with van der Waals surface area (Å²) < 4.78 is 12.7. The van der Waals surface area contributed by atoms with Gasteiger partial charge >= 0.3 is 0 Å². The largest absolute Gasteiger partial charge is 0.350 e. The molecule has 0 aliphatic heterocycles. The highest BCUT2D eigenvalue weighted by atomic mass is 35.5. The molecule has 0 aromatic heterocycles. The van der Waals surface area contributed by atoms with Crippen LogP contribution in [0.1, 0.15) is 37.8 Å². The van der Waals surface area contributed by atoms with Gasteiger partial charge in [-0.1, -0.05) is 12.1 Å². The molecule has 0 saturated heterocycles. The fraction of sp³-hybridized carbons (Fsp3) is 0.462. The van der Waals surface area contributed by atoms with E-state index in [9.17, 15) is 9.18 Å². The number of carbonyl (C=O) groups is 1. The van der Waals surface area contributed by atoms with Crippen LogP contribution in [0.4, 0.5) is 4.39 Å². The SMILES string of the molecule is C[C@H](NC(=O)CCCCCl)c1ccc(F)cc1. The van der Waals surface area contributed by atoms with Crippen molar-refractivity contribution >= 4 is 17.5 Å². The molecule has 0 fully saturated rings. The van der Waals surface area contributed by atoms with E-state index < -0.39 is 0 Å². The van der Waals surface area contributed by atoms with Crippen LogP contribution in [0.15, 0.2) is 24.3 Å². The normalized spacial score (nSPS) is 12.2. The van der Waals surface area contributed by atoms with Gasteiger partial charge in [0.1, 0.15) is 5.82 Å². The summed E-state index contributed by atoms with van der Waals surface area (Å²) in [7, 11) is 0. The Kier molecular flexibility index (Phi) is 5.98. The van der Waals surface area contributed by atoms with E-state index in [0.29, 0.717) is 12.3 Å². The van der Waals surface area contributed by atoms with E-state index in [1.54, 1.807) is 12.1 Å². The summed E-state index contributed by atoms with van der Waals surface area (Å²) in [5.74, 6) is 0.321. The molecule has 1 amide bonds. The van der Waals surface area contributed by atoms with Gasteiger partial charge < -0.3 is 5.32 Å². The molecule has 4 heteroatoms. The molecular formula is C13H17ClFNO. The first-order valence-electron chi connectivity index (χ1n) is 5.74. The van der Waals surface area contributed by atoms with Crippen LogP contribution < -0.4 is 5.32 Å². The minimum Gasteiger partial charge on any atom is -0.350 e. The van der Waals surface area contributed by atoms with Crippen molar-refractivity contribution in [3.63, 3.8) is 0 Å². The lowest BCUT2D eigenvalue weighted by Gasteiger charge is -2.14. The molecule has 0 unspecified atom stereocenters. The first kappa shape index (κ1) is 14.0. The number of unbranched alkanes of at least 4 members (excludes halogenated alkanes) is 1. The van der Waals surface area contributed by atoms with Gasteiger partial charge in [-0.3, -0.25) is 4.79 Å². The van der Waals surface area contributed by atoms with E-state index in [0.717, 1.165) is 18.4 Å². The Hall–Kier alpha value is -1.09. The van der Waals surface area contributed by atoms with Crippen LogP contribution in [0, 0.1) is 5.82 Å². The minimum atomic E-state index is -0.269. The third kappa shape index (κ3) is 5.18. The fourth-order valence-corrected chi connectivity index (χ4v) is 1.72. The van der Waals surface area contributed by atoms with Crippen molar-refractivity contribution in [2.75, 3.05) is 5.88 Å². The van der Waals surface area contributed by atoms with Crippen molar-refractivity contribution in [3.05, 3.63) is 35.6 Å². The van der Waals surface area contributed by atoms with Crippen LogP contribution >= 0.6 is 11.6 Å². The van der Waals surface area contributed by atoms with Crippen LogP contribution in [0.3, 0.4) is 0 Å². The van der Waals surface area contributed by atoms with Crippen LogP contribution in [-0.2, 0) is 4.79 Å². The molecule has 2 nitrogen and oxygen atoms in total. The molecule has 0 radical (unpaired) electrons. The highest BCUT2D eigenvalue weighted by Crippen LogP contribution is 2.13. The lowest BCUT2D eigenvalue weighted by atomic mass is 10.1. The van der Waals surface area contributed by atoms with Crippen molar-refractivity contribution in [1.82, 2.24) is 5.32 Å². The van der Waals surface area contributed by atoms with Crippen molar-refractivity contribution in [2.24, 2.45) is 0 Å². The number of rotatable bonds is 6. The number of amides is 1. The van der Waals surface area contributed by atoms with Crippen molar-refractivity contribution in [1.29, 1.82) is 0 Å². The van der Waals surface area contributed by atoms with Crippen LogP contribution in [0.2, 0.25) is 0 Å². The minimum absolute atomic E-state index is 0.00643. The second-order valence-corrected chi connectivity index (χ2v) is 4.36. The highest BCUT2D eigenvalue weighted by molar-refractivity contribution is 6.17. The predicted octanol–water partition coefficient (Wildman–Crippen LogP) is 3.41. The van der Waals surface area contributed by atoms with Gasteiger partial charge in [0.15, 0.2) is 0 Å². The molecule has 0 spiro atoms. The average molecular weight is 258 g/mol. The molecule has 1 aromatic rings. The predicted molar refractivity (Wildman–Crippen MR) is 67.5 cm³/mol. The number of alkyl halides is 1. The first-order chi connectivity index (χ1) is 8.13. The number of carbonyl (C=O) groups excluding carboxylic acids is 1. The summed E-state index contributed by atoms with van der Waals surface area (Å²) >= 11 is 5.53. The topological polar surface area (TPSA) is 29.1 Å². The quantitative estimate of drug-likeness (QED) is 0.614. The van der Waals surface area contributed by atoms with Crippen molar-refractivity contribution in [3.8, 4) is 0 Å². The van der Waals surface area contributed by atoms with E-state index in [-0.39, 0.29) is 17.8 Å². The summed E-state index contributed by atoms with van der Waals surface area (Å²) in [6.07, 6.45) is 2.13. The van der Waals surface area contributed by atoms with Gasteiger partial charge in [0.05, 0.1) is 6.04 Å². The second-order valence-electron chi connectivity index (χ2n) is 3.99. The third-order valence-electron chi connectivity index (χ3n) is 2.53. The number of halogens is 2. The zero-order valence-corrected chi connectivity index (χ0v) is 10.6. The van der Waals surface area contributed by atoms with E-state index in [1.807, 2.05) is 6.92 Å². The monoisotopic (exact) mass is 257 g/mol. The van der Waals surface area contributed by atoms with Crippen LogP contribution in [0.25, 0.3) is 0 Å². The smallest absolute Gasteiger partial charge is 0.220 e. The average Bonchev–Trinajstić information content (AvgIpc) is 2.30. The Labute approximate surface area is 106 Å². The van der Waals surface area contributed by atoms with E-state index >= 15 is 0 Å². The Morgan fingerprint density at radius 3 is 2.59 bits per heavy atom. The first-order valence-corrected chi connectivity index (χ1v) is 6.27. The third-order valence-corrected chi connectivity index (χ3v) is 2.80. The van der Waals surface area contributed by atoms with Gasteiger partial charge in [0.2, 0.25) is 5.91 Å². The summed E-state index contributed by atoms with van der Waals surface area (Å²) in [6.45, 7) is 1.88. The number of benzene rings is 1. The Morgan fingerprint density at radius 1 is 1.35 bits per heavy atom. The fourth-order valence-electron chi connectivity index (χ4n) is 1.53. The van der Waals surface area contributed by atoms with Gasteiger partial charge in [-0.15, -0.1) is 11.6 Å². The maximum atomic E-state index is 12.7. The van der Waals surface area contributed by atoms with E-state index in [2.05, 4.69) is 5.32 Å². The van der Waals surface area contributed by atoms with Gasteiger partial charge in [-0.2, -0.15) is 0 Å². The second kappa shape index (κ2) is 7.28. The van der Waals surface area contributed by atoms with Crippen LogP contribution in [-0.4, -0.2) is 11.8 Å². The van der Waals surface area contributed by atoms with Gasteiger partial charge in [0, 0.05) is 12.3 Å². The molecule has 0 heterocycles. The molecule has 0 aliphatic rings. The Bertz CT molecular complexity index is 353. The zero-order valence-electron chi connectivity index (χ0n) is 9.88. The van der Waals surface area contributed by atoms with Gasteiger partial charge in [0.25, 0.3) is 0 Å². The summed E-state index contributed by atoms with van der Waals surface area (Å²) in [5.41, 5.74) is 0.900. The molecule has 17 heavy (non-hydrogen) atoms. The van der Waals surface area contributed by atoms with E-state index in [4.69, 9.17) is 11.6 Å². The maximum absolute atomic E-state index is 12.7. The van der Waals surface area contributed by atoms with Crippen molar-refractivity contribution in [2.45, 2.75) is 32.2 Å². The standard InChI is InChI=1S/C13H17ClFNO/c1-10(11-5-7-12(15)8-6-11)16-13(17)4-2-3-9-14/h5-8,10H,2-4,9H2,1H3,(H,16,17)/t10-/m0/s1. The molecule has 1 rings (SSSR count). The van der Waals surface area contributed by atoms with Crippen LogP contribution in [0.5, 0.6) is 0 Å². The van der Waals surface area contributed by atoms with Gasteiger partial charge in [-0.25, -0.2) is 4.39 Å².